The molecule has 3 unspecified atom stereocenters. The summed E-state index contributed by atoms with van der Waals surface area (Å²) in [5.41, 5.74) is 2.59. The molecule has 138 valence electrons. The fourth-order valence-corrected chi connectivity index (χ4v) is 4.46. The number of anilines is 1. The van der Waals surface area contributed by atoms with Crippen LogP contribution in [0.4, 0.5) is 10.1 Å². The first-order valence-electron chi connectivity index (χ1n) is 9.38. The minimum absolute atomic E-state index is 0.0244. The molecule has 5 rings (SSSR count). The summed E-state index contributed by atoms with van der Waals surface area (Å²) in [7, 11) is 0. The Labute approximate surface area is 155 Å². The molecule has 0 N–H and O–H groups in total. The quantitative estimate of drug-likeness (QED) is 0.770. The van der Waals surface area contributed by atoms with Crippen LogP contribution in [0.3, 0.4) is 0 Å². The second-order valence-electron chi connectivity index (χ2n) is 7.70. The molecule has 6 nitrogen and oxygen atoms in total. The number of azo groups is 1. The van der Waals surface area contributed by atoms with E-state index in [4.69, 9.17) is 0 Å². The van der Waals surface area contributed by atoms with Crippen molar-refractivity contribution in [1.82, 2.24) is 0 Å². The first-order chi connectivity index (χ1) is 13.0. The zero-order valence-electron chi connectivity index (χ0n) is 14.7. The molecule has 0 radical (unpaired) electrons. The van der Waals surface area contributed by atoms with Crippen molar-refractivity contribution in [2.45, 2.75) is 44.6 Å². The van der Waals surface area contributed by atoms with Gasteiger partial charge in [-0.1, -0.05) is 6.07 Å². The summed E-state index contributed by atoms with van der Waals surface area (Å²) in [6, 6.07) is 4.25. The van der Waals surface area contributed by atoms with E-state index in [2.05, 4.69) is 10.2 Å². The SMILES string of the molecule is O=C1N=NC(Cc2ccc(F)c(N3C(=O)C4CC4C3=O)c2)C2=C1CCCC2. The van der Waals surface area contributed by atoms with Gasteiger partial charge in [0.2, 0.25) is 11.8 Å². The summed E-state index contributed by atoms with van der Waals surface area (Å²) in [4.78, 5) is 37.5. The Balaban J connectivity index is 1.44. The van der Waals surface area contributed by atoms with E-state index in [0.29, 0.717) is 12.8 Å². The van der Waals surface area contributed by atoms with Gasteiger partial charge in [0.05, 0.1) is 23.6 Å². The highest BCUT2D eigenvalue weighted by Crippen LogP contribution is 2.48. The van der Waals surface area contributed by atoms with Gasteiger partial charge in [0.15, 0.2) is 0 Å². The minimum Gasteiger partial charge on any atom is -0.274 e. The third-order valence-electron chi connectivity index (χ3n) is 6.00. The third-order valence-corrected chi connectivity index (χ3v) is 6.00. The van der Waals surface area contributed by atoms with E-state index in [9.17, 15) is 18.8 Å². The van der Waals surface area contributed by atoms with Gasteiger partial charge < -0.3 is 0 Å². The summed E-state index contributed by atoms with van der Waals surface area (Å²) in [6.45, 7) is 0. The van der Waals surface area contributed by atoms with Crippen molar-refractivity contribution in [3.8, 4) is 0 Å². The maximum Gasteiger partial charge on any atom is 0.291 e. The van der Waals surface area contributed by atoms with Gasteiger partial charge in [0, 0.05) is 12.0 Å². The number of nitrogens with zero attached hydrogens (tertiary/aromatic N) is 3. The van der Waals surface area contributed by atoms with E-state index >= 15 is 0 Å². The van der Waals surface area contributed by atoms with Gasteiger partial charge in [-0.05, 0) is 55.4 Å². The lowest BCUT2D eigenvalue weighted by Crippen LogP contribution is -2.33. The van der Waals surface area contributed by atoms with Crippen molar-refractivity contribution in [1.29, 1.82) is 0 Å². The van der Waals surface area contributed by atoms with Gasteiger partial charge in [0.25, 0.3) is 5.91 Å². The largest absolute Gasteiger partial charge is 0.291 e. The fourth-order valence-electron chi connectivity index (χ4n) is 4.46. The molecule has 2 aliphatic heterocycles. The maximum absolute atomic E-state index is 14.4. The van der Waals surface area contributed by atoms with Crippen molar-refractivity contribution in [2.24, 2.45) is 22.1 Å². The Kier molecular flexibility index (Phi) is 3.60. The number of rotatable bonds is 3. The molecule has 2 fully saturated rings. The highest BCUT2D eigenvalue weighted by atomic mass is 19.1. The second-order valence-corrected chi connectivity index (χ2v) is 7.70. The second kappa shape index (κ2) is 5.90. The number of carbonyl (C=O) groups excluding carboxylic acids is 3. The van der Waals surface area contributed by atoms with Crippen LogP contribution in [0.25, 0.3) is 0 Å². The summed E-state index contributed by atoms with van der Waals surface area (Å²) in [6.07, 6.45) is 4.61. The monoisotopic (exact) mass is 367 g/mol. The molecule has 4 aliphatic rings. The van der Waals surface area contributed by atoms with E-state index in [1.165, 1.54) is 6.07 Å². The Morgan fingerprint density at radius 2 is 1.81 bits per heavy atom. The van der Waals surface area contributed by atoms with Gasteiger partial charge in [-0.15, -0.1) is 5.11 Å². The number of imide groups is 1. The van der Waals surface area contributed by atoms with Crippen molar-refractivity contribution in [3.63, 3.8) is 0 Å². The van der Waals surface area contributed by atoms with Crippen LogP contribution in [0.2, 0.25) is 0 Å². The summed E-state index contributed by atoms with van der Waals surface area (Å²) in [5.74, 6) is -1.97. The molecule has 0 bridgehead atoms. The maximum atomic E-state index is 14.4. The van der Waals surface area contributed by atoms with Crippen molar-refractivity contribution >= 4 is 23.4 Å². The molecule has 2 aliphatic carbocycles. The molecular formula is C20H18FN3O3. The van der Waals surface area contributed by atoms with Crippen LogP contribution in [0.15, 0.2) is 39.6 Å². The van der Waals surface area contributed by atoms with Crippen molar-refractivity contribution in [2.75, 3.05) is 4.90 Å². The van der Waals surface area contributed by atoms with E-state index in [-0.39, 0.29) is 41.3 Å². The molecule has 0 spiro atoms. The molecule has 2 heterocycles. The van der Waals surface area contributed by atoms with Gasteiger partial charge in [-0.2, -0.15) is 5.11 Å². The standard InChI is InChI=1S/C20H18FN3O3/c21-15-6-5-10(8-17(15)24-19(26)13-9-14(13)20(24)27)7-16-11-3-1-2-4-12(11)18(25)23-22-16/h5-6,8,13-14,16H,1-4,7,9H2. The Morgan fingerprint density at radius 3 is 2.59 bits per heavy atom. The number of fused-ring (bicyclic) bond motifs is 1. The predicted octanol–water partition coefficient (Wildman–Crippen LogP) is 3.11. The average molecular weight is 367 g/mol. The van der Waals surface area contributed by atoms with Crippen LogP contribution in [-0.4, -0.2) is 23.8 Å². The lowest BCUT2D eigenvalue weighted by molar-refractivity contribution is -0.123. The average Bonchev–Trinajstić information content (AvgIpc) is 3.43. The highest BCUT2D eigenvalue weighted by Gasteiger charge is 2.59. The number of amides is 3. The Bertz CT molecular complexity index is 932. The van der Waals surface area contributed by atoms with Crippen LogP contribution in [-0.2, 0) is 20.8 Å². The normalized spacial score (nSPS) is 29.3. The topological polar surface area (TPSA) is 79.2 Å². The summed E-state index contributed by atoms with van der Waals surface area (Å²) >= 11 is 0. The van der Waals surface area contributed by atoms with Crippen molar-refractivity contribution < 1.29 is 18.8 Å². The smallest absolute Gasteiger partial charge is 0.274 e. The molecular weight excluding hydrogens is 349 g/mol. The number of hydrogen-bond acceptors (Lipinski definition) is 4. The lowest BCUT2D eigenvalue weighted by atomic mass is 9.84. The number of benzene rings is 1. The first-order valence-corrected chi connectivity index (χ1v) is 9.38. The Morgan fingerprint density at radius 1 is 1.07 bits per heavy atom. The molecule has 1 aromatic carbocycles. The van der Waals surface area contributed by atoms with Gasteiger partial charge >= 0.3 is 0 Å². The summed E-state index contributed by atoms with van der Waals surface area (Å²) < 4.78 is 14.4. The Hall–Kier alpha value is -2.70. The number of carbonyl (C=O) groups is 3. The number of piperidine rings is 1. The van der Waals surface area contributed by atoms with E-state index in [1.54, 1.807) is 12.1 Å². The first kappa shape index (κ1) is 16.5. The van der Waals surface area contributed by atoms with Crippen LogP contribution in [0, 0.1) is 17.7 Å². The van der Waals surface area contributed by atoms with Crippen LogP contribution in [0.5, 0.6) is 0 Å². The van der Waals surface area contributed by atoms with Gasteiger partial charge in [0.1, 0.15) is 5.82 Å². The highest BCUT2D eigenvalue weighted by molar-refractivity contribution is 6.24. The fraction of sp³-hybridized carbons (Fsp3) is 0.450. The molecule has 3 atom stereocenters. The van der Waals surface area contributed by atoms with Crippen LogP contribution < -0.4 is 4.90 Å². The molecule has 1 aromatic rings. The summed E-state index contributed by atoms with van der Waals surface area (Å²) in [5, 5.41) is 7.95. The molecule has 7 heteroatoms. The predicted molar refractivity (Wildman–Crippen MR) is 93.3 cm³/mol. The number of halogens is 1. The molecule has 1 saturated carbocycles. The van der Waals surface area contributed by atoms with Gasteiger partial charge in [-0.3, -0.25) is 14.4 Å². The van der Waals surface area contributed by atoms with E-state index < -0.39 is 5.82 Å². The molecule has 27 heavy (non-hydrogen) atoms. The van der Waals surface area contributed by atoms with Gasteiger partial charge in [-0.25, -0.2) is 9.29 Å². The van der Waals surface area contributed by atoms with Crippen LogP contribution in [0.1, 0.15) is 37.7 Å². The minimum atomic E-state index is -0.584. The molecule has 1 saturated heterocycles. The van der Waals surface area contributed by atoms with E-state index in [1.807, 2.05) is 0 Å². The number of hydrogen-bond donors (Lipinski definition) is 0. The zero-order chi connectivity index (χ0) is 18.7. The lowest BCUT2D eigenvalue weighted by Gasteiger charge is -2.26. The molecule has 0 aromatic heterocycles. The van der Waals surface area contributed by atoms with Crippen LogP contribution >= 0.6 is 0 Å². The molecule has 3 amide bonds. The third kappa shape index (κ3) is 2.56. The zero-order valence-corrected chi connectivity index (χ0v) is 14.7. The van der Waals surface area contributed by atoms with Crippen molar-refractivity contribution in [3.05, 3.63) is 40.7 Å². The van der Waals surface area contributed by atoms with E-state index in [0.717, 1.165) is 47.3 Å².